The van der Waals surface area contributed by atoms with E-state index in [4.69, 9.17) is 0 Å². The third-order valence-corrected chi connectivity index (χ3v) is 2.99. The molecule has 0 unspecified atom stereocenters. The van der Waals surface area contributed by atoms with Crippen molar-refractivity contribution in [1.82, 2.24) is 5.32 Å². The van der Waals surface area contributed by atoms with Gasteiger partial charge in [0.1, 0.15) is 0 Å². The molecule has 1 N–H and O–H groups in total. The molecule has 2 aromatic carbocycles. The van der Waals surface area contributed by atoms with Gasteiger partial charge in [-0.15, -0.1) is 0 Å². The maximum atomic E-state index is 11.8. The van der Waals surface area contributed by atoms with Gasteiger partial charge in [-0.2, -0.15) is 0 Å². The van der Waals surface area contributed by atoms with E-state index in [0.717, 1.165) is 5.56 Å². The van der Waals surface area contributed by atoms with Crippen LogP contribution in [-0.2, 0) is 11.3 Å². The first-order valence-electron chi connectivity index (χ1n) is 6.68. The van der Waals surface area contributed by atoms with Crippen molar-refractivity contribution in [2.45, 2.75) is 33.7 Å². The van der Waals surface area contributed by atoms with Crippen LogP contribution in [0.3, 0.4) is 0 Å². The van der Waals surface area contributed by atoms with Crippen molar-refractivity contribution in [3.8, 4) is 0 Å². The molecule has 0 spiro atoms. The van der Waals surface area contributed by atoms with Gasteiger partial charge in [0.15, 0.2) is 0 Å². The van der Waals surface area contributed by atoms with E-state index < -0.39 is 0 Å². The van der Waals surface area contributed by atoms with Gasteiger partial charge in [0.25, 0.3) is 0 Å². The number of rotatable bonds is 3. The van der Waals surface area contributed by atoms with E-state index in [1.165, 1.54) is 10.8 Å². The number of carbonyl (C=O) groups is 1. The summed E-state index contributed by atoms with van der Waals surface area (Å²) in [5.74, 6) is 0.112. The molecule has 0 aromatic heterocycles. The lowest BCUT2D eigenvalue weighted by Gasteiger charge is -2.17. The van der Waals surface area contributed by atoms with Gasteiger partial charge >= 0.3 is 0 Å². The average Bonchev–Trinajstić information content (AvgIpc) is 2.34. The van der Waals surface area contributed by atoms with Gasteiger partial charge in [0, 0.05) is 13.0 Å². The molecular weight excluding hydrogens is 234 g/mol. The fourth-order valence-electron chi connectivity index (χ4n) is 2.09. The van der Waals surface area contributed by atoms with Crippen LogP contribution in [0.2, 0.25) is 0 Å². The molecule has 2 rings (SSSR count). The Morgan fingerprint density at radius 1 is 1.05 bits per heavy atom. The number of hydrogen-bond acceptors (Lipinski definition) is 1. The van der Waals surface area contributed by atoms with E-state index in [1.54, 1.807) is 0 Å². The Morgan fingerprint density at radius 2 is 1.74 bits per heavy atom. The zero-order chi connectivity index (χ0) is 13.9. The molecule has 0 atom stereocenters. The highest BCUT2D eigenvalue weighted by Crippen LogP contribution is 2.18. The standard InChI is InChI=1S/C17H21NO/c1-17(2,3)11-16(19)18-12-13-8-9-14-6-4-5-7-15(14)10-13/h4-10H,11-12H2,1-3H3,(H,18,19). The third-order valence-electron chi connectivity index (χ3n) is 2.99. The van der Waals surface area contributed by atoms with E-state index in [-0.39, 0.29) is 11.3 Å². The van der Waals surface area contributed by atoms with Crippen molar-refractivity contribution >= 4 is 16.7 Å². The fraction of sp³-hybridized carbons (Fsp3) is 0.353. The highest BCUT2D eigenvalue weighted by Gasteiger charge is 2.15. The first-order chi connectivity index (χ1) is 8.94. The van der Waals surface area contributed by atoms with Crippen molar-refractivity contribution in [3.05, 3.63) is 48.0 Å². The lowest BCUT2D eigenvalue weighted by Crippen LogP contribution is -2.27. The summed E-state index contributed by atoms with van der Waals surface area (Å²) in [5, 5.41) is 5.42. The van der Waals surface area contributed by atoms with E-state index in [2.05, 4.69) is 56.4 Å². The highest BCUT2D eigenvalue weighted by molar-refractivity contribution is 5.83. The predicted molar refractivity (Wildman–Crippen MR) is 79.9 cm³/mol. The summed E-state index contributed by atoms with van der Waals surface area (Å²) >= 11 is 0. The van der Waals surface area contributed by atoms with E-state index in [0.29, 0.717) is 13.0 Å². The van der Waals surface area contributed by atoms with Crippen molar-refractivity contribution in [2.75, 3.05) is 0 Å². The summed E-state index contributed by atoms with van der Waals surface area (Å²) in [6.45, 7) is 6.81. The Bertz CT molecular complexity index is 581. The van der Waals surface area contributed by atoms with Gasteiger partial charge < -0.3 is 5.32 Å². The Balaban J connectivity index is 2.00. The first-order valence-corrected chi connectivity index (χ1v) is 6.68. The van der Waals surface area contributed by atoms with Crippen LogP contribution in [-0.4, -0.2) is 5.91 Å². The minimum atomic E-state index is 0.0352. The van der Waals surface area contributed by atoms with Crippen molar-refractivity contribution in [3.63, 3.8) is 0 Å². The van der Waals surface area contributed by atoms with Gasteiger partial charge in [-0.25, -0.2) is 0 Å². The normalized spacial score (nSPS) is 11.5. The minimum absolute atomic E-state index is 0.0352. The molecule has 2 heteroatoms. The highest BCUT2D eigenvalue weighted by atomic mass is 16.1. The van der Waals surface area contributed by atoms with Crippen molar-refractivity contribution in [2.24, 2.45) is 5.41 Å². The van der Waals surface area contributed by atoms with Crippen molar-refractivity contribution in [1.29, 1.82) is 0 Å². The zero-order valence-corrected chi connectivity index (χ0v) is 11.9. The maximum Gasteiger partial charge on any atom is 0.220 e. The molecule has 2 nitrogen and oxygen atoms in total. The molecule has 0 heterocycles. The second kappa shape index (κ2) is 5.43. The Kier molecular flexibility index (Phi) is 3.89. The molecule has 0 aliphatic rings. The van der Waals surface area contributed by atoms with E-state index in [9.17, 15) is 4.79 Å². The minimum Gasteiger partial charge on any atom is -0.352 e. The Hall–Kier alpha value is -1.83. The quantitative estimate of drug-likeness (QED) is 0.885. The largest absolute Gasteiger partial charge is 0.352 e. The zero-order valence-electron chi connectivity index (χ0n) is 11.9. The van der Waals surface area contributed by atoms with Crippen LogP contribution >= 0.6 is 0 Å². The monoisotopic (exact) mass is 255 g/mol. The molecule has 0 fully saturated rings. The molecule has 100 valence electrons. The van der Waals surface area contributed by atoms with E-state index >= 15 is 0 Å². The van der Waals surface area contributed by atoms with Crippen LogP contribution in [0.25, 0.3) is 10.8 Å². The molecule has 0 aliphatic heterocycles. The van der Waals surface area contributed by atoms with Crippen molar-refractivity contribution < 1.29 is 4.79 Å². The molecule has 1 amide bonds. The average molecular weight is 255 g/mol. The van der Waals surface area contributed by atoms with Gasteiger partial charge in [-0.1, -0.05) is 57.2 Å². The first kappa shape index (κ1) is 13.6. The number of amides is 1. The molecule has 0 bridgehead atoms. The number of carbonyl (C=O) groups excluding carboxylic acids is 1. The maximum absolute atomic E-state index is 11.8. The molecule has 0 radical (unpaired) electrons. The molecular formula is C17H21NO. The summed E-state index contributed by atoms with van der Waals surface area (Å²) in [6, 6.07) is 14.6. The number of hydrogen-bond donors (Lipinski definition) is 1. The molecule has 0 aliphatic carbocycles. The molecule has 2 aromatic rings. The summed E-state index contributed by atoms with van der Waals surface area (Å²) in [7, 11) is 0. The number of fused-ring (bicyclic) bond motifs is 1. The second-order valence-electron chi connectivity index (χ2n) is 6.20. The predicted octanol–water partition coefficient (Wildman–Crippen LogP) is 3.89. The fourth-order valence-corrected chi connectivity index (χ4v) is 2.09. The SMILES string of the molecule is CC(C)(C)CC(=O)NCc1ccc2ccccc2c1. The summed E-state index contributed by atoms with van der Waals surface area (Å²) < 4.78 is 0. The van der Waals surface area contributed by atoms with Gasteiger partial charge in [0.05, 0.1) is 0 Å². The van der Waals surface area contributed by atoms with Crippen LogP contribution in [0.15, 0.2) is 42.5 Å². The smallest absolute Gasteiger partial charge is 0.220 e. The summed E-state index contributed by atoms with van der Waals surface area (Å²) in [6.07, 6.45) is 0.556. The lowest BCUT2D eigenvalue weighted by molar-refractivity contribution is -0.122. The summed E-state index contributed by atoms with van der Waals surface area (Å²) in [4.78, 5) is 11.8. The Morgan fingerprint density at radius 3 is 2.42 bits per heavy atom. The van der Waals surface area contributed by atoms with Crippen LogP contribution in [0.4, 0.5) is 0 Å². The lowest BCUT2D eigenvalue weighted by atomic mass is 9.92. The van der Waals surface area contributed by atoms with Crippen LogP contribution in [0, 0.1) is 5.41 Å². The van der Waals surface area contributed by atoms with E-state index in [1.807, 2.05) is 12.1 Å². The summed E-state index contributed by atoms with van der Waals surface area (Å²) in [5.41, 5.74) is 1.17. The molecule has 0 saturated carbocycles. The molecule has 0 saturated heterocycles. The number of benzene rings is 2. The third kappa shape index (κ3) is 4.09. The van der Waals surface area contributed by atoms with Crippen LogP contribution < -0.4 is 5.32 Å². The van der Waals surface area contributed by atoms with Crippen LogP contribution in [0.5, 0.6) is 0 Å². The van der Waals surface area contributed by atoms with Gasteiger partial charge in [-0.3, -0.25) is 4.79 Å². The van der Waals surface area contributed by atoms with Crippen LogP contribution in [0.1, 0.15) is 32.8 Å². The van der Waals surface area contributed by atoms with Gasteiger partial charge in [0.2, 0.25) is 5.91 Å². The van der Waals surface area contributed by atoms with Gasteiger partial charge in [-0.05, 0) is 27.8 Å². The topological polar surface area (TPSA) is 29.1 Å². The number of nitrogens with one attached hydrogen (secondary N) is 1. The second-order valence-corrected chi connectivity index (χ2v) is 6.20. The Labute approximate surface area is 114 Å². The molecule has 19 heavy (non-hydrogen) atoms.